The first-order valence-corrected chi connectivity index (χ1v) is 6.22. The molecule has 0 saturated heterocycles. The Morgan fingerprint density at radius 1 is 1.39 bits per heavy atom. The van der Waals surface area contributed by atoms with Gasteiger partial charge in [0.25, 0.3) is 0 Å². The van der Waals surface area contributed by atoms with E-state index in [1.807, 2.05) is 6.07 Å². The second-order valence-electron chi connectivity index (χ2n) is 5.28. The smallest absolute Gasteiger partial charge is 0.165 e. The summed E-state index contributed by atoms with van der Waals surface area (Å²) in [7, 11) is 1.46. The summed E-state index contributed by atoms with van der Waals surface area (Å²) in [6, 6.07) is 5.02. The van der Waals surface area contributed by atoms with Gasteiger partial charge >= 0.3 is 0 Å². The molecule has 1 aromatic rings. The summed E-state index contributed by atoms with van der Waals surface area (Å²) >= 11 is 0. The zero-order valence-corrected chi connectivity index (χ0v) is 11.4. The van der Waals surface area contributed by atoms with Crippen LogP contribution in [0.15, 0.2) is 18.2 Å². The fourth-order valence-electron chi connectivity index (χ4n) is 1.84. The topological polar surface area (TPSA) is 47.3 Å². The van der Waals surface area contributed by atoms with E-state index in [9.17, 15) is 4.39 Å². The van der Waals surface area contributed by atoms with Gasteiger partial charge in [0.05, 0.1) is 7.11 Å². The molecule has 0 bridgehead atoms. The minimum atomic E-state index is -0.321. The second-order valence-corrected chi connectivity index (χ2v) is 5.28. The van der Waals surface area contributed by atoms with Crippen LogP contribution in [0.2, 0.25) is 0 Å². The third-order valence-electron chi connectivity index (χ3n) is 2.97. The molecule has 18 heavy (non-hydrogen) atoms. The summed E-state index contributed by atoms with van der Waals surface area (Å²) in [5, 5.41) is 3.33. The molecule has 0 heterocycles. The molecule has 0 aliphatic carbocycles. The predicted octanol–water partition coefficient (Wildman–Crippen LogP) is 2.30. The average molecular weight is 254 g/mol. The van der Waals surface area contributed by atoms with E-state index < -0.39 is 0 Å². The van der Waals surface area contributed by atoms with E-state index in [-0.39, 0.29) is 17.0 Å². The summed E-state index contributed by atoms with van der Waals surface area (Å²) in [6.07, 6.45) is 0.969. The number of methoxy groups -OCH3 is 1. The van der Waals surface area contributed by atoms with Crippen molar-refractivity contribution in [3.05, 3.63) is 29.6 Å². The Hall–Kier alpha value is -1.13. The summed E-state index contributed by atoms with van der Waals surface area (Å²) in [4.78, 5) is 0. The molecule has 0 aromatic heterocycles. The monoisotopic (exact) mass is 254 g/mol. The predicted molar refractivity (Wildman–Crippen MR) is 72.1 cm³/mol. The van der Waals surface area contributed by atoms with Crippen molar-refractivity contribution in [3.63, 3.8) is 0 Å². The number of nitrogens with two attached hydrogens (primary N) is 1. The Balaban J connectivity index is 2.47. The maximum atomic E-state index is 13.5. The van der Waals surface area contributed by atoms with Gasteiger partial charge in [-0.3, -0.25) is 0 Å². The minimum absolute atomic E-state index is 0.166. The molecule has 0 radical (unpaired) electrons. The fourth-order valence-corrected chi connectivity index (χ4v) is 1.84. The first-order valence-electron chi connectivity index (χ1n) is 6.22. The highest BCUT2D eigenvalue weighted by molar-refractivity contribution is 5.29. The van der Waals surface area contributed by atoms with Crippen molar-refractivity contribution in [1.29, 1.82) is 0 Å². The van der Waals surface area contributed by atoms with Crippen molar-refractivity contribution in [3.8, 4) is 5.75 Å². The van der Waals surface area contributed by atoms with Crippen LogP contribution in [-0.4, -0.2) is 20.2 Å². The number of hydrogen-bond acceptors (Lipinski definition) is 3. The largest absolute Gasteiger partial charge is 0.494 e. The number of benzene rings is 1. The highest BCUT2D eigenvalue weighted by Crippen LogP contribution is 2.19. The van der Waals surface area contributed by atoms with Gasteiger partial charge in [-0.05, 0) is 36.1 Å². The Morgan fingerprint density at radius 2 is 2.11 bits per heavy atom. The van der Waals surface area contributed by atoms with Gasteiger partial charge in [0.1, 0.15) is 0 Å². The van der Waals surface area contributed by atoms with E-state index in [0.717, 1.165) is 18.5 Å². The maximum Gasteiger partial charge on any atom is 0.165 e. The first-order chi connectivity index (χ1) is 8.48. The van der Waals surface area contributed by atoms with Gasteiger partial charge in [0.2, 0.25) is 0 Å². The van der Waals surface area contributed by atoms with E-state index in [1.165, 1.54) is 13.2 Å². The Labute approximate surface area is 109 Å². The van der Waals surface area contributed by atoms with Gasteiger partial charge in [0.15, 0.2) is 11.6 Å². The van der Waals surface area contributed by atoms with Crippen LogP contribution in [0.5, 0.6) is 5.75 Å². The molecule has 0 spiro atoms. The van der Waals surface area contributed by atoms with Gasteiger partial charge in [-0.1, -0.05) is 19.9 Å². The molecular formula is C14H23FN2O. The number of halogens is 1. The zero-order valence-electron chi connectivity index (χ0n) is 11.4. The quantitative estimate of drug-likeness (QED) is 0.785. The minimum Gasteiger partial charge on any atom is -0.494 e. The van der Waals surface area contributed by atoms with Crippen molar-refractivity contribution in [1.82, 2.24) is 5.32 Å². The van der Waals surface area contributed by atoms with Crippen LogP contribution in [0.1, 0.15) is 25.8 Å². The molecule has 0 aliphatic rings. The van der Waals surface area contributed by atoms with E-state index >= 15 is 0 Å². The Kier molecular flexibility index (Phi) is 5.56. The average Bonchev–Trinajstić information content (AvgIpc) is 2.29. The van der Waals surface area contributed by atoms with Gasteiger partial charge < -0.3 is 15.8 Å². The standard InChI is InChI=1S/C14H23FN2O/c1-14(2,6-7-16)10-17-9-11-4-5-13(18-3)12(15)8-11/h4-5,8,17H,6-7,9-10,16H2,1-3H3. The van der Waals surface area contributed by atoms with Crippen LogP contribution in [-0.2, 0) is 6.54 Å². The van der Waals surface area contributed by atoms with Gasteiger partial charge in [-0.15, -0.1) is 0 Å². The highest BCUT2D eigenvalue weighted by atomic mass is 19.1. The van der Waals surface area contributed by atoms with Crippen LogP contribution in [0.25, 0.3) is 0 Å². The number of nitrogens with one attached hydrogen (secondary N) is 1. The molecule has 0 unspecified atom stereocenters. The van der Waals surface area contributed by atoms with Gasteiger partial charge in [-0.2, -0.15) is 0 Å². The zero-order chi connectivity index (χ0) is 13.6. The van der Waals surface area contributed by atoms with E-state index in [0.29, 0.717) is 13.1 Å². The van der Waals surface area contributed by atoms with E-state index in [1.54, 1.807) is 6.07 Å². The lowest BCUT2D eigenvalue weighted by molar-refractivity contribution is 0.319. The van der Waals surface area contributed by atoms with Crippen LogP contribution in [0.4, 0.5) is 4.39 Å². The SMILES string of the molecule is COc1ccc(CNCC(C)(C)CCN)cc1F. The molecule has 3 N–H and O–H groups in total. The lowest BCUT2D eigenvalue weighted by atomic mass is 9.89. The number of ether oxygens (including phenoxy) is 1. The number of rotatable bonds is 7. The molecular weight excluding hydrogens is 231 g/mol. The third-order valence-corrected chi connectivity index (χ3v) is 2.97. The summed E-state index contributed by atoms with van der Waals surface area (Å²) in [5.74, 6) is -0.0415. The molecule has 3 nitrogen and oxygen atoms in total. The normalized spacial score (nSPS) is 11.6. The summed E-state index contributed by atoms with van der Waals surface area (Å²) < 4.78 is 18.3. The van der Waals surface area contributed by atoms with E-state index in [2.05, 4.69) is 19.2 Å². The Bertz CT molecular complexity index is 380. The summed E-state index contributed by atoms with van der Waals surface area (Å²) in [5.41, 5.74) is 6.64. The second kappa shape index (κ2) is 6.71. The molecule has 0 aliphatic heterocycles. The van der Waals surface area contributed by atoms with Crippen LogP contribution < -0.4 is 15.8 Å². The lowest BCUT2D eigenvalue weighted by Gasteiger charge is -2.24. The van der Waals surface area contributed by atoms with Crippen LogP contribution in [0, 0.1) is 11.2 Å². The van der Waals surface area contributed by atoms with Crippen molar-refractivity contribution in [2.45, 2.75) is 26.8 Å². The summed E-state index contributed by atoms with van der Waals surface area (Å²) in [6.45, 7) is 6.53. The van der Waals surface area contributed by atoms with Gasteiger partial charge in [-0.25, -0.2) is 4.39 Å². The molecule has 0 saturated carbocycles. The molecule has 0 amide bonds. The van der Waals surface area contributed by atoms with E-state index in [4.69, 9.17) is 10.5 Å². The maximum absolute atomic E-state index is 13.5. The Morgan fingerprint density at radius 3 is 2.67 bits per heavy atom. The lowest BCUT2D eigenvalue weighted by Crippen LogP contribution is -2.31. The molecule has 0 atom stereocenters. The molecule has 1 aromatic carbocycles. The van der Waals surface area contributed by atoms with Crippen molar-refractivity contribution >= 4 is 0 Å². The van der Waals surface area contributed by atoms with Crippen molar-refractivity contribution in [2.24, 2.45) is 11.1 Å². The molecule has 0 fully saturated rings. The molecule has 4 heteroatoms. The first kappa shape index (κ1) is 14.9. The third kappa shape index (κ3) is 4.63. The van der Waals surface area contributed by atoms with Crippen LogP contribution >= 0.6 is 0 Å². The molecule has 1 rings (SSSR count). The van der Waals surface area contributed by atoms with Crippen molar-refractivity contribution < 1.29 is 9.13 Å². The number of hydrogen-bond donors (Lipinski definition) is 2. The van der Waals surface area contributed by atoms with Gasteiger partial charge in [0, 0.05) is 13.1 Å². The van der Waals surface area contributed by atoms with Crippen LogP contribution in [0.3, 0.4) is 0 Å². The fraction of sp³-hybridized carbons (Fsp3) is 0.571. The molecule has 102 valence electrons. The highest BCUT2D eigenvalue weighted by Gasteiger charge is 2.15. The van der Waals surface area contributed by atoms with Crippen molar-refractivity contribution in [2.75, 3.05) is 20.2 Å².